The molecule has 1 N–H and O–H groups in total. The second-order valence-electron chi connectivity index (χ2n) is 6.01. The molecule has 0 amide bonds. The molecule has 0 aliphatic carbocycles. The Bertz CT molecular complexity index is 725. The molecule has 1 aromatic heterocycles. The van der Waals surface area contributed by atoms with Gasteiger partial charge in [0, 0.05) is 48.2 Å². The van der Waals surface area contributed by atoms with E-state index in [0.29, 0.717) is 23.0 Å². The van der Waals surface area contributed by atoms with Crippen LogP contribution in [0.3, 0.4) is 0 Å². The van der Waals surface area contributed by atoms with Gasteiger partial charge in [-0.2, -0.15) is 5.10 Å². The van der Waals surface area contributed by atoms with Gasteiger partial charge in [-0.3, -0.25) is 14.4 Å². The molecule has 0 atom stereocenters. The molecule has 128 valence electrons. The smallest absolute Gasteiger partial charge is 0.303 e. The molecular formula is C17H19Cl2N3O2. The molecule has 0 bridgehead atoms. The molecule has 0 radical (unpaired) electrons. The Morgan fingerprint density at radius 3 is 2.71 bits per heavy atom. The van der Waals surface area contributed by atoms with E-state index < -0.39 is 5.97 Å². The molecule has 2 heterocycles. The highest BCUT2D eigenvalue weighted by Gasteiger charge is 2.19. The lowest BCUT2D eigenvalue weighted by molar-refractivity contribution is -0.136. The second kappa shape index (κ2) is 7.55. The summed E-state index contributed by atoms with van der Waals surface area (Å²) in [5.41, 5.74) is 2.89. The van der Waals surface area contributed by atoms with Crippen LogP contribution in [0.25, 0.3) is 0 Å². The lowest BCUT2D eigenvalue weighted by atomic mass is 10.2. The molecule has 0 saturated carbocycles. The largest absolute Gasteiger partial charge is 0.481 e. The predicted octanol–water partition coefficient (Wildman–Crippen LogP) is 3.61. The molecule has 0 fully saturated rings. The molecule has 0 unspecified atom stereocenters. The minimum Gasteiger partial charge on any atom is -0.481 e. The summed E-state index contributed by atoms with van der Waals surface area (Å²) in [6.45, 7) is 3.22. The Kier molecular flexibility index (Phi) is 5.43. The van der Waals surface area contributed by atoms with Gasteiger partial charge in [-0.05, 0) is 24.6 Å². The third kappa shape index (κ3) is 4.09. The standard InChI is InChI=1S/C17H19Cl2N3O2/c18-15-3-1-4-16(19)14(15)11-21-7-2-8-22-13(10-21)9-12(20-22)5-6-17(23)24/h1,3-4,9H,2,5-8,10-11H2,(H,23,24). The topological polar surface area (TPSA) is 58.4 Å². The first-order valence-electron chi connectivity index (χ1n) is 7.95. The van der Waals surface area contributed by atoms with E-state index in [4.69, 9.17) is 28.3 Å². The van der Waals surface area contributed by atoms with Gasteiger partial charge in [0.15, 0.2) is 0 Å². The maximum absolute atomic E-state index is 10.7. The maximum Gasteiger partial charge on any atom is 0.303 e. The Balaban J connectivity index is 1.73. The van der Waals surface area contributed by atoms with E-state index in [1.807, 2.05) is 28.9 Å². The van der Waals surface area contributed by atoms with Crippen molar-refractivity contribution in [2.45, 2.75) is 38.9 Å². The second-order valence-corrected chi connectivity index (χ2v) is 6.82. The summed E-state index contributed by atoms with van der Waals surface area (Å²) in [7, 11) is 0. The van der Waals surface area contributed by atoms with Gasteiger partial charge in [-0.1, -0.05) is 29.3 Å². The van der Waals surface area contributed by atoms with Gasteiger partial charge in [-0.15, -0.1) is 0 Å². The summed E-state index contributed by atoms with van der Waals surface area (Å²) in [5, 5.41) is 14.7. The molecule has 24 heavy (non-hydrogen) atoms. The molecule has 0 saturated heterocycles. The lowest BCUT2D eigenvalue weighted by Crippen LogP contribution is -2.23. The zero-order valence-corrected chi connectivity index (χ0v) is 14.7. The van der Waals surface area contributed by atoms with E-state index in [2.05, 4.69) is 10.00 Å². The number of carboxylic acid groups (broad SMARTS) is 1. The van der Waals surface area contributed by atoms with Crippen LogP contribution >= 0.6 is 23.2 Å². The SMILES string of the molecule is O=C(O)CCc1cc2n(n1)CCCN(Cc1c(Cl)cccc1Cl)C2. The Labute approximate surface area is 150 Å². The number of hydrogen-bond acceptors (Lipinski definition) is 3. The Hall–Kier alpha value is -1.56. The summed E-state index contributed by atoms with van der Waals surface area (Å²) in [4.78, 5) is 13.0. The molecule has 3 rings (SSSR count). The van der Waals surface area contributed by atoms with E-state index in [-0.39, 0.29) is 6.42 Å². The van der Waals surface area contributed by atoms with Crippen LogP contribution in [0.15, 0.2) is 24.3 Å². The number of hydrogen-bond donors (Lipinski definition) is 1. The number of fused-ring (bicyclic) bond motifs is 1. The molecule has 1 aliphatic rings. The third-order valence-electron chi connectivity index (χ3n) is 4.18. The molecule has 0 spiro atoms. The van der Waals surface area contributed by atoms with Crippen molar-refractivity contribution in [2.24, 2.45) is 0 Å². The number of nitrogens with zero attached hydrogens (tertiary/aromatic N) is 3. The molecule has 1 aromatic carbocycles. The van der Waals surface area contributed by atoms with Crippen molar-refractivity contribution in [1.82, 2.24) is 14.7 Å². The fourth-order valence-corrected chi connectivity index (χ4v) is 3.50. The average Bonchev–Trinajstić information content (AvgIpc) is 2.81. The van der Waals surface area contributed by atoms with Gasteiger partial charge in [0.2, 0.25) is 0 Å². The van der Waals surface area contributed by atoms with Crippen molar-refractivity contribution in [3.05, 3.63) is 51.3 Å². The number of aliphatic carboxylic acids is 1. The fraction of sp³-hybridized carbons (Fsp3) is 0.412. The number of aryl methyl sites for hydroxylation is 2. The summed E-state index contributed by atoms with van der Waals surface area (Å²) in [6.07, 6.45) is 1.55. The summed E-state index contributed by atoms with van der Waals surface area (Å²) in [6, 6.07) is 7.57. The normalized spacial score (nSPS) is 15.1. The van der Waals surface area contributed by atoms with Crippen molar-refractivity contribution >= 4 is 29.2 Å². The minimum atomic E-state index is -0.798. The Morgan fingerprint density at radius 2 is 2.00 bits per heavy atom. The van der Waals surface area contributed by atoms with Crippen LogP contribution in [0.4, 0.5) is 0 Å². The molecule has 5 nitrogen and oxygen atoms in total. The highest BCUT2D eigenvalue weighted by Crippen LogP contribution is 2.27. The van der Waals surface area contributed by atoms with E-state index in [9.17, 15) is 4.79 Å². The van der Waals surface area contributed by atoms with E-state index in [1.165, 1.54) is 0 Å². The number of aromatic nitrogens is 2. The number of benzene rings is 1. The molecular weight excluding hydrogens is 349 g/mol. The first-order valence-corrected chi connectivity index (χ1v) is 8.71. The van der Waals surface area contributed by atoms with Crippen molar-refractivity contribution in [1.29, 1.82) is 0 Å². The number of carbonyl (C=O) groups is 1. The molecule has 2 aromatic rings. The number of carboxylic acids is 1. The summed E-state index contributed by atoms with van der Waals surface area (Å²) < 4.78 is 1.99. The van der Waals surface area contributed by atoms with E-state index in [1.54, 1.807) is 0 Å². The maximum atomic E-state index is 10.7. The van der Waals surface area contributed by atoms with Crippen molar-refractivity contribution < 1.29 is 9.90 Å². The van der Waals surface area contributed by atoms with E-state index in [0.717, 1.165) is 43.0 Å². The fourth-order valence-electron chi connectivity index (χ4n) is 2.99. The zero-order valence-electron chi connectivity index (χ0n) is 13.2. The highest BCUT2D eigenvalue weighted by molar-refractivity contribution is 6.35. The van der Waals surface area contributed by atoms with Crippen molar-refractivity contribution in [3.63, 3.8) is 0 Å². The van der Waals surface area contributed by atoms with Gasteiger partial charge in [0.1, 0.15) is 0 Å². The van der Waals surface area contributed by atoms with E-state index >= 15 is 0 Å². The van der Waals surface area contributed by atoms with Crippen molar-refractivity contribution in [3.8, 4) is 0 Å². The summed E-state index contributed by atoms with van der Waals surface area (Å²) in [5.74, 6) is -0.798. The molecule has 1 aliphatic heterocycles. The van der Waals surface area contributed by atoms with Crippen LogP contribution in [-0.4, -0.2) is 32.3 Å². The van der Waals surface area contributed by atoms with Gasteiger partial charge in [0.05, 0.1) is 17.8 Å². The van der Waals surface area contributed by atoms with Crippen molar-refractivity contribution in [2.75, 3.05) is 6.54 Å². The van der Waals surface area contributed by atoms with Gasteiger partial charge < -0.3 is 5.11 Å². The van der Waals surface area contributed by atoms with Gasteiger partial charge in [-0.25, -0.2) is 0 Å². The first kappa shape index (κ1) is 17.3. The Morgan fingerprint density at radius 1 is 1.25 bits per heavy atom. The zero-order chi connectivity index (χ0) is 17.1. The quantitative estimate of drug-likeness (QED) is 0.876. The average molecular weight is 368 g/mol. The van der Waals surface area contributed by atoms with Crippen LogP contribution in [0.2, 0.25) is 10.0 Å². The predicted molar refractivity (Wildman–Crippen MR) is 93.4 cm³/mol. The van der Waals surface area contributed by atoms with Crippen LogP contribution in [-0.2, 0) is 30.8 Å². The van der Waals surface area contributed by atoms with Crippen LogP contribution < -0.4 is 0 Å². The lowest BCUT2D eigenvalue weighted by Gasteiger charge is -2.21. The van der Waals surface area contributed by atoms with Crippen LogP contribution in [0.5, 0.6) is 0 Å². The number of rotatable bonds is 5. The first-order chi connectivity index (χ1) is 11.5. The van der Waals surface area contributed by atoms with Crippen LogP contribution in [0, 0.1) is 0 Å². The van der Waals surface area contributed by atoms with Crippen LogP contribution in [0.1, 0.15) is 29.8 Å². The minimum absolute atomic E-state index is 0.107. The third-order valence-corrected chi connectivity index (χ3v) is 4.89. The number of halogens is 2. The summed E-state index contributed by atoms with van der Waals surface area (Å²) >= 11 is 12.6. The monoisotopic (exact) mass is 367 g/mol. The highest BCUT2D eigenvalue weighted by atomic mass is 35.5. The van der Waals surface area contributed by atoms with Gasteiger partial charge in [0.25, 0.3) is 0 Å². The van der Waals surface area contributed by atoms with Gasteiger partial charge >= 0.3 is 5.97 Å². The molecule has 7 heteroatoms.